The summed E-state index contributed by atoms with van der Waals surface area (Å²) in [6.07, 6.45) is -31.5. The number of ether oxygens (including phenoxy) is 7. The highest BCUT2D eigenvalue weighted by atomic mass is 16.8. The zero-order chi connectivity index (χ0) is 45.0. The molecule has 0 radical (unpaired) electrons. The summed E-state index contributed by atoms with van der Waals surface area (Å²) in [5, 5.41) is 134. The Kier molecular flexibility index (Phi) is 17.5. The van der Waals surface area contributed by atoms with Crippen LogP contribution in [0.15, 0.2) is 0 Å². The number of carboxylic acids is 1. The number of carbonyl (C=O) groups excluding carboxylic acids is 3. The molecule has 26 heteroatoms. The van der Waals surface area contributed by atoms with Crippen LogP contribution in [0.4, 0.5) is 0 Å². The third-order valence-corrected chi connectivity index (χ3v) is 10.6. The standard InChI is InChI=1S/C34H57N3O23/c1-10-19(35-11(2)41)28(25(49)18(55-10)9-54-31-21(37-13(4)43)26(50)23(47)16(7-39)56-31)58-32-27(51)30(24(48)17(8-40)57-32)60-34(33(52)53)5-14(44)20(36-12(3)42)29(59-34)22(46)15(45)6-38/h10,14-32,38-40,44-51H,5-9H2,1-4H3,(H,35,41)(H,36,42)(H,37,43)(H,52,53)/t10-,14-,15-,16?,17?,18?,19?,20-,21?,22-,23-,24+,25+,26-,27?,28-,29?,30+,31-,32+,34+/m1/s1. The Bertz CT molecular complexity index is 1470. The van der Waals surface area contributed by atoms with Gasteiger partial charge >= 0.3 is 5.97 Å². The lowest BCUT2D eigenvalue weighted by molar-refractivity contribution is -0.378. The summed E-state index contributed by atoms with van der Waals surface area (Å²) in [5.41, 5.74) is 0. The van der Waals surface area contributed by atoms with Crippen molar-refractivity contribution in [2.24, 2.45) is 0 Å². The van der Waals surface area contributed by atoms with E-state index in [2.05, 4.69) is 16.0 Å². The lowest BCUT2D eigenvalue weighted by Gasteiger charge is -2.51. The molecule has 0 aliphatic carbocycles. The summed E-state index contributed by atoms with van der Waals surface area (Å²) in [4.78, 5) is 49.0. The molecule has 4 fully saturated rings. The van der Waals surface area contributed by atoms with E-state index >= 15 is 0 Å². The van der Waals surface area contributed by atoms with Crippen LogP contribution >= 0.6 is 0 Å². The van der Waals surface area contributed by atoms with Gasteiger partial charge in [-0.05, 0) is 6.92 Å². The highest BCUT2D eigenvalue weighted by Crippen LogP contribution is 2.38. The topological polar surface area (TPSA) is 412 Å². The monoisotopic (exact) mass is 875 g/mol. The van der Waals surface area contributed by atoms with Gasteiger partial charge in [0.2, 0.25) is 17.7 Å². The second-order valence-electron chi connectivity index (χ2n) is 15.1. The number of rotatable bonds is 16. The first-order chi connectivity index (χ1) is 28.1. The van der Waals surface area contributed by atoms with Crippen LogP contribution in [0.2, 0.25) is 0 Å². The number of nitrogens with one attached hydrogen (secondary N) is 3. The number of carbonyl (C=O) groups is 4. The molecule has 0 bridgehead atoms. The normalized spacial score (nSPS) is 43.3. The number of hydrogen-bond donors (Lipinski definition) is 15. The Morgan fingerprint density at radius 1 is 0.700 bits per heavy atom. The minimum absolute atomic E-state index is 0.601. The molecular weight excluding hydrogens is 818 g/mol. The van der Waals surface area contributed by atoms with Gasteiger partial charge in [-0.25, -0.2) is 4.79 Å². The minimum Gasteiger partial charge on any atom is -0.477 e. The van der Waals surface area contributed by atoms with Crippen LogP contribution in [0.25, 0.3) is 0 Å². The van der Waals surface area contributed by atoms with Crippen LogP contribution in [0.1, 0.15) is 34.1 Å². The largest absolute Gasteiger partial charge is 0.477 e. The molecule has 0 spiro atoms. The predicted molar refractivity (Wildman–Crippen MR) is 189 cm³/mol. The van der Waals surface area contributed by atoms with E-state index < -0.39 is 185 Å². The Balaban J connectivity index is 1.63. The first-order valence-electron chi connectivity index (χ1n) is 19.0. The maximum atomic E-state index is 12.9. The summed E-state index contributed by atoms with van der Waals surface area (Å²) >= 11 is 0. The first kappa shape index (κ1) is 49.8. The zero-order valence-electron chi connectivity index (χ0n) is 32.9. The first-order valence-corrected chi connectivity index (χ1v) is 19.0. The maximum absolute atomic E-state index is 12.9. The van der Waals surface area contributed by atoms with Crippen molar-refractivity contribution < 1.29 is 114 Å². The van der Waals surface area contributed by atoms with E-state index in [0.717, 1.165) is 20.8 Å². The molecule has 3 amide bonds. The van der Waals surface area contributed by atoms with Crippen molar-refractivity contribution in [2.75, 3.05) is 26.4 Å². The molecule has 4 saturated heterocycles. The molecule has 0 aromatic rings. The van der Waals surface area contributed by atoms with Crippen LogP contribution in [0.3, 0.4) is 0 Å². The van der Waals surface area contributed by atoms with Crippen LogP contribution in [0.5, 0.6) is 0 Å². The summed E-state index contributed by atoms with van der Waals surface area (Å²) < 4.78 is 40.2. The minimum atomic E-state index is -3.09. The quantitative estimate of drug-likeness (QED) is 0.0684. The van der Waals surface area contributed by atoms with E-state index in [1.165, 1.54) is 6.92 Å². The van der Waals surface area contributed by atoms with E-state index in [0.29, 0.717) is 0 Å². The molecule has 0 aromatic carbocycles. The van der Waals surface area contributed by atoms with Crippen LogP contribution in [-0.4, -0.2) is 239 Å². The van der Waals surface area contributed by atoms with Crippen molar-refractivity contribution in [3.05, 3.63) is 0 Å². The molecule has 4 heterocycles. The molecule has 4 aliphatic rings. The number of amides is 3. The van der Waals surface area contributed by atoms with Gasteiger partial charge in [0.05, 0.1) is 50.7 Å². The van der Waals surface area contributed by atoms with Crippen molar-refractivity contribution in [2.45, 2.75) is 162 Å². The number of aliphatic hydroxyl groups is 11. The van der Waals surface area contributed by atoms with Crippen LogP contribution in [-0.2, 0) is 52.3 Å². The SMILES string of the molecule is CC(=O)NC1[C@H](OCC2O[C@H](C)C(NC(C)=O)[C@@H](O[C@@H]3OC(CO)[C@H](O)[C@H](O[C@]4(C(=O)O)C[C@@H](O)[C@@H](NC(C)=O)C([C@H](O)[C@H](O)CO)O4)C3O)[C@H]2O)OC(CO)[C@@H](O)[C@@H]1O. The van der Waals surface area contributed by atoms with Gasteiger partial charge in [0.15, 0.2) is 12.6 Å². The third kappa shape index (κ3) is 11.0. The summed E-state index contributed by atoms with van der Waals surface area (Å²) in [6, 6.07) is -4.21. The third-order valence-electron chi connectivity index (χ3n) is 10.6. The molecule has 26 nitrogen and oxygen atoms in total. The highest BCUT2D eigenvalue weighted by molar-refractivity contribution is 5.77. The average molecular weight is 876 g/mol. The predicted octanol–water partition coefficient (Wildman–Crippen LogP) is -9.04. The number of aliphatic carboxylic acids is 1. The summed E-state index contributed by atoms with van der Waals surface area (Å²) in [6.45, 7) is 1.27. The fraction of sp³-hybridized carbons (Fsp3) is 0.882. The van der Waals surface area contributed by atoms with Crippen molar-refractivity contribution >= 4 is 23.7 Å². The summed E-state index contributed by atoms with van der Waals surface area (Å²) in [5.74, 6) is -7.15. The molecule has 0 saturated carbocycles. The molecule has 15 N–H and O–H groups in total. The van der Waals surface area contributed by atoms with Crippen molar-refractivity contribution in [1.29, 1.82) is 0 Å². The fourth-order valence-electron chi connectivity index (χ4n) is 7.60. The number of carboxylic acid groups (broad SMARTS) is 1. The van der Waals surface area contributed by atoms with Gasteiger partial charge in [0.25, 0.3) is 5.79 Å². The number of aliphatic hydroxyl groups excluding tert-OH is 11. The molecule has 0 aromatic heterocycles. The second-order valence-corrected chi connectivity index (χ2v) is 15.1. The number of hydrogen-bond acceptors (Lipinski definition) is 22. The molecule has 4 rings (SSSR count). The maximum Gasteiger partial charge on any atom is 0.364 e. The Morgan fingerprint density at radius 3 is 1.78 bits per heavy atom. The van der Waals surface area contributed by atoms with Gasteiger partial charge in [-0.15, -0.1) is 0 Å². The van der Waals surface area contributed by atoms with E-state index in [4.69, 9.17) is 33.2 Å². The van der Waals surface area contributed by atoms with Crippen LogP contribution in [0, 0.1) is 0 Å². The van der Waals surface area contributed by atoms with Gasteiger partial charge in [-0.2, -0.15) is 0 Å². The van der Waals surface area contributed by atoms with Gasteiger partial charge in [0, 0.05) is 27.2 Å². The second kappa shape index (κ2) is 21.0. The molecule has 7 unspecified atom stereocenters. The van der Waals surface area contributed by atoms with E-state index in [9.17, 15) is 80.5 Å². The fourth-order valence-corrected chi connectivity index (χ4v) is 7.60. The lowest BCUT2D eigenvalue weighted by atomic mass is 9.88. The molecule has 4 aliphatic heterocycles. The molecular formula is C34H57N3O23. The van der Waals surface area contributed by atoms with Gasteiger partial charge < -0.3 is 110 Å². The van der Waals surface area contributed by atoms with E-state index in [1.807, 2.05) is 0 Å². The van der Waals surface area contributed by atoms with E-state index in [1.54, 1.807) is 0 Å². The molecule has 346 valence electrons. The summed E-state index contributed by atoms with van der Waals surface area (Å²) in [7, 11) is 0. The van der Waals surface area contributed by atoms with Gasteiger partial charge in [0.1, 0.15) is 85.4 Å². The van der Waals surface area contributed by atoms with Crippen LogP contribution < -0.4 is 16.0 Å². The average Bonchev–Trinajstić information content (AvgIpc) is 3.18. The van der Waals surface area contributed by atoms with Crippen molar-refractivity contribution in [1.82, 2.24) is 16.0 Å². The Morgan fingerprint density at radius 2 is 1.23 bits per heavy atom. The van der Waals surface area contributed by atoms with Gasteiger partial charge in [-0.3, -0.25) is 14.4 Å². The highest BCUT2D eigenvalue weighted by Gasteiger charge is 2.60. The van der Waals surface area contributed by atoms with Gasteiger partial charge in [-0.1, -0.05) is 0 Å². The smallest absolute Gasteiger partial charge is 0.364 e. The Hall–Kier alpha value is -2.84. The van der Waals surface area contributed by atoms with Crippen molar-refractivity contribution in [3.63, 3.8) is 0 Å². The molecule has 21 atom stereocenters. The zero-order valence-corrected chi connectivity index (χ0v) is 32.9. The van der Waals surface area contributed by atoms with E-state index in [-0.39, 0.29) is 0 Å². The Labute approximate surface area is 341 Å². The molecule has 60 heavy (non-hydrogen) atoms. The lowest BCUT2D eigenvalue weighted by Crippen LogP contribution is -2.71. The van der Waals surface area contributed by atoms with Crippen molar-refractivity contribution in [3.8, 4) is 0 Å².